The number of aromatic amines is 1. The number of nitrogens with two attached hydrogens (primary N) is 1. The van der Waals surface area contributed by atoms with E-state index in [0.29, 0.717) is 23.8 Å². The van der Waals surface area contributed by atoms with Gasteiger partial charge >= 0.3 is 4.87 Å². The van der Waals surface area contributed by atoms with Gasteiger partial charge in [0.25, 0.3) is 0 Å². The predicted molar refractivity (Wildman–Crippen MR) is 119 cm³/mol. The number of amides is 1. The Hall–Kier alpha value is -3.37. The molecule has 3 aromatic rings. The summed E-state index contributed by atoms with van der Waals surface area (Å²) in [4.78, 5) is 24.0. The van der Waals surface area contributed by atoms with Gasteiger partial charge in [-0.2, -0.15) is 5.10 Å². The van der Waals surface area contributed by atoms with Crippen molar-refractivity contribution < 1.29 is 19.0 Å². The van der Waals surface area contributed by atoms with Crippen LogP contribution in [0.25, 0.3) is 0 Å². The molecule has 9 nitrogen and oxygen atoms in total. The van der Waals surface area contributed by atoms with Crippen molar-refractivity contribution in [3.05, 3.63) is 68.3 Å². The first-order valence-corrected chi connectivity index (χ1v) is 10.9. The lowest BCUT2D eigenvalue weighted by Gasteiger charge is -2.07. The van der Waals surface area contributed by atoms with E-state index in [1.54, 1.807) is 24.3 Å². The molecule has 0 bridgehead atoms. The van der Waals surface area contributed by atoms with Crippen molar-refractivity contribution in [3.63, 3.8) is 0 Å². The molecule has 1 fully saturated rings. The molecular weight excluding hydrogens is 432 g/mol. The monoisotopic (exact) mass is 456 g/mol. The molecular formula is C22H24N4O5S. The molecule has 1 atom stereocenters. The largest absolute Gasteiger partial charge is 0.489 e. The molecule has 5 rings (SSSR count). The fourth-order valence-electron chi connectivity index (χ4n) is 3.47. The third-order valence-corrected chi connectivity index (χ3v) is 6.09. The van der Waals surface area contributed by atoms with E-state index in [1.165, 1.54) is 11.3 Å². The van der Waals surface area contributed by atoms with Gasteiger partial charge in [0.15, 0.2) is 11.5 Å². The Labute approximate surface area is 188 Å². The van der Waals surface area contributed by atoms with Gasteiger partial charge in [-0.05, 0) is 62.0 Å². The molecule has 0 spiro atoms. The molecule has 1 aromatic heterocycles. The lowest BCUT2D eigenvalue weighted by atomic mass is 10.1. The minimum Gasteiger partial charge on any atom is -0.489 e. The predicted octanol–water partition coefficient (Wildman–Crippen LogP) is 2.34. The van der Waals surface area contributed by atoms with Crippen molar-refractivity contribution in [2.24, 2.45) is 5.73 Å². The zero-order valence-electron chi connectivity index (χ0n) is 17.6. The molecule has 0 aliphatic carbocycles. The highest BCUT2D eigenvalue weighted by Gasteiger charge is 2.23. The Balaban J connectivity index is 0.000000174. The molecule has 32 heavy (non-hydrogen) atoms. The Morgan fingerprint density at radius 3 is 2.69 bits per heavy atom. The van der Waals surface area contributed by atoms with Crippen LogP contribution in [0.2, 0.25) is 0 Å². The van der Waals surface area contributed by atoms with Crippen LogP contribution in [0.5, 0.6) is 17.2 Å². The Kier molecular flexibility index (Phi) is 6.72. The summed E-state index contributed by atoms with van der Waals surface area (Å²) in [6, 6.07) is 12.4. The number of ether oxygens (including phenoxy) is 3. The van der Waals surface area contributed by atoms with E-state index >= 15 is 0 Å². The van der Waals surface area contributed by atoms with Gasteiger partial charge in [0.1, 0.15) is 17.4 Å². The van der Waals surface area contributed by atoms with Gasteiger partial charge < -0.3 is 24.8 Å². The van der Waals surface area contributed by atoms with Crippen LogP contribution in [0.1, 0.15) is 33.3 Å². The summed E-state index contributed by atoms with van der Waals surface area (Å²) in [7, 11) is 2.09. The average molecular weight is 457 g/mol. The normalized spacial score (nSPS) is 17.0. The lowest BCUT2D eigenvalue weighted by molar-refractivity contribution is 0.1000. The molecule has 0 unspecified atom stereocenters. The first kappa shape index (κ1) is 21.8. The van der Waals surface area contributed by atoms with Gasteiger partial charge in [0.05, 0.1) is 0 Å². The minimum absolute atomic E-state index is 0.0421. The average Bonchev–Trinajstić information content (AvgIpc) is 3.53. The third-order valence-electron chi connectivity index (χ3n) is 5.18. The number of carbonyl (C=O) groups excluding carboxylic acids is 1. The first-order chi connectivity index (χ1) is 15.5. The quantitative estimate of drug-likeness (QED) is 0.605. The summed E-state index contributed by atoms with van der Waals surface area (Å²) in [5.74, 6) is 2.17. The number of hydrogen-bond acceptors (Lipinski definition) is 8. The zero-order valence-corrected chi connectivity index (χ0v) is 18.4. The number of benzene rings is 2. The molecule has 2 aliphatic heterocycles. The molecule has 168 valence electrons. The van der Waals surface area contributed by atoms with Gasteiger partial charge in [-0.1, -0.05) is 17.4 Å². The number of likely N-dealkylation sites (N-methyl/N-ethyl adjacent to an activating group) is 1. The SMILES string of the molecule is CN1CC[C@@H](c2n[nH]c(=O)s2)C1.NC(=O)c1ccc(OCc2ccc3c(c2)OCO3)cc1. The number of primary amides is 1. The van der Waals surface area contributed by atoms with E-state index in [4.69, 9.17) is 19.9 Å². The fraction of sp³-hybridized carbons (Fsp3) is 0.318. The van der Waals surface area contributed by atoms with E-state index < -0.39 is 5.91 Å². The third kappa shape index (κ3) is 5.45. The summed E-state index contributed by atoms with van der Waals surface area (Å²) < 4.78 is 16.2. The first-order valence-electron chi connectivity index (χ1n) is 10.1. The maximum Gasteiger partial charge on any atom is 0.322 e. The van der Waals surface area contributed by atoms with Crippen molar-refractivity contribution in [2.75, 3.05) is 26.9 Å². The van der Waals surface area contributed by atoms with E-state index in [9.17, 15) is 9.59 Å². The molecule has 3 heterocycles. The maximum atomic E-state index is 11.0. The minimum atomic E-state index is -0.452. The van der Waals surface area contributed by atoms with Gasteiger partial charge in [-0.3, -0.25) is 9.59 Å². The number of rotatable bonds is 5. The standard InChI is InChI=1S/C15H13NO4.C7H11N3OS/c16-15(17)11-2-4-12(5-3-11)18-8-10-1-6-13-14(7-10)20-9-19-13;1-10-3-2-5(4-10)6-8-9-7(11)12-6/h1-7H,8-9H2,(H2,16,17);5H,2-4H2,1H3,(H,9,11)/t;5-/m.1/s1. The highest BCUT2D eigenvalue weighted by molar-refractivity contribution is 7.08. The van der Waals surface area contributed by atoms with Crippen LogP contribution in [0, 0.1) is 0 Å². The van der Waals surface area contributed by atoms with Gasteiger partial charge in [-0.15, -0.1) is 0 Å². The highest BCUT2D eigenvalue weighted by Crippen LogP contribution is 2.32. The summed E-state index contributed by atoms with van der Waals surface area (Å²) in [5, 5.41) is 7.40. The van der Waals surface area contributed by atoms with Crippen molar-refractivity contribution in [2.45, 2.75) is 18.9 Å². The molecule has 3 N–H and O–H groups in total. The fourth-order valence-corrected chi connectivity index (χ4v) is 4.20. The van der Waals surface area contributed by atoms with Gasteiger partial charge in [-0.25, -0.2) is 5.10 Å². The number of carbonyl (C=O) groups is 1. The van der Waals surface area contributed by atoms with E-state index in [1.807, 2.05) is 18.2 Å². The summed E-state index contributed by atoms with van der Waals surface area (Å²) in [6.07, 6.45) is 1.12. The highest BCUT2D eigenvalue weighted by atomic mass is 32.1. The Morgan fingerprint density at radius 1 is 1.25 bits per heavy atom. The van der Waals surface area contributed by atoms with Crippen molar-refractivity contribution in [1.29, 1.82) is 0 Å². The summed E-state index contributed by atoms with van der Waals surface area (Å²) in [6.45, 7) is 2.81. The van der Waals surface area contributed by atoms with Gasteiger partial charge in [0.2, 0.25) is 12.7 Å². The van der Waals surface area contributed by atoms with Crippen LogP contribution in [0.4, 0.5) is 0 Å². The van der Waals surface area contributed by atoms with Crippen LogP contribution in [-0.2, 0) is 6.61 Å². The molecule has 1 saturated heterocycles. The second-order valence-corrected chi connectivity index (χ2v) is 8.56. The number of nitrogens with zero attached hydrogens (tertiary/aromatic N) is 2. The molecule has 10 heteroatoms. The Morgan fingerprint density at radius 2 is 2.03 bits per heavy atom. The molecule has 2 aromatic carbocycles. The topological polar surface area (TPSA) is 120 Å². The van der Waals surface area contributed by atoms with E-state index in [-0.39, 0.29) is 11.7 Å². The van der Waals surface area contributed by atoms with Crippen LogP contribution < -0.4 is 24.8 Å². The molecule has 0 radical (unpaired) electrons. The zero-order chi connectivity index (χ0) is 22.5. The summed E-state index contributed by atoms with van der Waals surface area (Å²) in [5.41, 5.74) is 6.61. The van der Waals surface area contributed by atoms with Gasteiger partial charge in [0, 0.05) is 18.0 Å². The number of nitrogens with one attached hydrogen (secondary N) is 1. The summed E-state index contributed by atoms with van der Waals surface area (Å²) >= 11 is 1.24. The maximum absolute atomic E-state index is 11.0. The molecule has 0 saturated carbocycles. The van der Waals surface area contributed by atoms with Crippen LogP contribution >= 0.6 is 11.3 Å². The number of H-pyrrole nitrogens is 1. The van der Waals surface area contributed by atoms with Crippen LogP contribution in [0.15, 0.2) is 47.3 Å². The van der Waals surface area contributed by atoms with Crippen LogP contribution in [-0.4, -0.2) is 47.9 Å². The number of likely N-dealkylation sites (tertiary alicyclic amines) is 1. The second-order valence-electron chi connectivity index (χ2n) is 7.56. The van der Waals surface area contributed by atoms with Crippen molar-refractivity contribution >= 4 is 17.2 Å². The Bertz CT molecular complexity index is 1130. The molecule has 2 aliphatic rings. The lowest BCUT2D eigenvalue weighted by Crippen LogP contribution is -2.13. The van der Waals surface area contributed by atoms with E-state index in [2.05, 4.69) is 22.1 Å². The van der Waals surface area contributed by atoms with Crippen molar-refractivity contribution in [1.82, 2.24) is 15.1 Å². The van der Waals surface area contributed by atoms with Crippen molar-refractivity contribution in [3.8, 4) is 17.2 Å². The molecule has 1 amide bonds. The number of hydrogen-bond donors (Lipinski definition) is 2. The van der Waals surface area contributed by atoms with E-state index in [0.717, 1.165) is 41.6 Å². The van der Waals surface area contributed by atoms with Crippen LogP contribution in [0.3, 0.4) is 0 Å². The number of fused-ring (bicyclic) bond motifs is 1. The number of aromatic nitrogens is 2. The second kappa shape index (κ2) is 9.84. The smallest absolute Gasteiger partial charge is 0.322 e.